The Kier molecular flexibility index (Phi) is 9.03. The number of hydrogen-bond donors (Lipinski definition) is 1. The van der Waals surface area contributed by atoms with Gasteiger partial charge in [-0.25, -0.2) is 4.79 Å². The van der Waals surface area contributed by atoms with E-state index in [9.17, 15) is 9.90 Å². The fourth-order valence-corrected chi connectivity index (χ4v) is 3.28. The van der Waals surface area contributed by atoms with Gasteiger partial charge in [0.2, 0.25) is 0 Å². The normalized spacial score (nSPS) is 12.2. The molecule has 0 saturated heterocycles. The molecule has 0 fully saturated rings. The van der Waals surface area contributed by atoms with Crippen molar-refractivity contribution in [2.24, 2.45) is 5.16 Å². The van der Waals surface area contributed by atoms with Crippen LogP contribution in [0.1, 0.15) is 25.0 Å². The first-order valence-electron chi connectivity index (χ1n) is 11.0. The Morgan fingerprint density at radius 1 is 0.909 bits per heavy atom. The van der Waals surface area contributed by atoms with Gasteiger partial charge in [0.15, 0.2) is 12.7 Å². The largest absolute Gasteiger partial charge is 0.490 e. The lowest BCUT2D eigenvalue weighted by Crippen LogP contribution is -2.26. The molecule has 0 amide bonds. The summed E-state index contributed by atoms with van der Waals surface area (Å²) in [5, 5.41) is 13.4. The fourth-order valence-electron chi connectivity index (χ4n) is 3.28. The quantitative estimate of drug-likeness (QED) is 0.234. The van der Waals surface area contributed by atoms with Crippen LogP contribution in [0, 0.1) is 0 Å². The fraction of sp³-hybridized carbons (Fsp3) is 0.259. The molecule has 6 nitrogen and oxygen atoms in total. The minimum absolute atomic E-state index is 0.312. The highest BCUT2D eigenvalue weighted by molar-refractivity contribution is 5.98. The maximum Gasteiger partial charge on any atom is 0.333 e. The van der Waals surface area contributed by atoms with Crippen molar-refractivity contribution in [2.45, 2.75) is 26.4 Å². The number of hydrogen-bond acceptors (Lipinski definition) is 5. The topological polar surface area (TPSA) is 77.3 Å². The van der Waals surface area contributed by atoms with Crippen LogP contribution in [0.5, 0.6) is 5.75 Å². The van der Waals surface area contributed by atoms with Gasteiger partial charge in [-0.1, -0.05) is 71.9 Å². The Balaban J connectivity index is 1.42. The maximum atomic E-state index is 11.2. The van der Waals surface area contributed by atoms with Gasteiger partial charge in [0.25, 0.3) is 0 Å². The Bertz CT molecular complexity index is 1030. The number of nitrogens with zero attached hydrogens (tertiary/aromatic N) is 1. The van der Waals surface area contributed by atoms with E-state index in [4.69, 9.17) is 14.3 Å². The SMILES string of the molecule is CCOC(Cc1ccc(OCCO/N=C(/C)c2ccc(-c3ccccc3)cc2)cc1)C(=O)O. The molecular formula is C27H29NO5. The predicted molar refractivity (Wildman–Crippen MR) is 129 cm³/mol. The van der Waals surface area contributed by atoms with E-state index in [2.05, 4.69) is 29.4 Å². The van der Waals surface area contributed by atoms with Gasteiger partial charge >= 0.3 is 5.97 Å². The lowest BCUT2D eigenvalue weighted by Gasteiger charge is -2.12. The van der Waals surface area contributed by atoms with Gasteiger partial charge in [-0.05, 0) is 48.2 Å². The van der Waals surface area contributed by atoms with Gasteiger partial charge in [-0.15, -0.1) is 0 Å². The minimum atomic E-state index is -0.961. The first-order chi connectivity index (χ1) is 16.1. The van der Waals surface area contributed by atoms with E-state index in [1.165, 1.54) is 5.56 Å². The van der Waals surface area contributed by atoms with Crippen LogP contribution in [0.4, 0.5) is 0 Å². The third-order valence-electron chi connectivity index (χ3n) is 5.04. The van der Waals surface area contributed by atoms with E-state index in [0.717, 1.165) is 22.4 Å². The zero-order chi connectivity index (χ0) is 23.5. The van der Waals surface area contributed by atoms with Crippen LogP contribution in [-0.4, -0.2) is 42.7 Å². The number of oxime groups is 1. The highest BCUT2D eigenvalue weighted by Gasteiger charge is 2.17. The molecular weight excluding hydrogens is 418 g/mol. The second kappa shape index (κ2) is 12.4. The average molecular weight is 448 g/mol. The van der Waals surface area contributed by atoms with E-state index in [1.807, 2.05) is 61.5 Å². The van der Waals surface area contributed by atoms with E-state index in [1.54, 1.807) is 6.92 Å². The standard InChI is InChI=1S/C27H29NO5/c1-3-31-26(27(29)30)19-21-9-15-25(16-10-21)32-17-18-33-28-20(2)22-11-13-24(14-12-22)23-7-5-4-6-8-23/h4-16,26H,3,17-19H2,1-2H3,(H,29,30)/b28-20-. The molecule has 3 aromatic carbocycles. The van der Waals surface area contributed by atoms with Crippen LogP contribution in [0.3, 0.4) is 0 Å². The van der Waals surface area contributed by atoms with Gasteiger partial charge in [-0.3, -0.25) is 0 Å². The van der Waals surface area contributed by atoms with E-state index in [-0.39, 0.29) is 0 Å². The first-order valence-corrected chi connectivity index (χ1v) is 11.0. The van der Waals surface area contributed by atoms with E-state index >= 15 is 0 Å². The molecule has 1 atom stereocenters. The molecule has 0 aliphatic heterocycles. The average Bonchev–Trinajstić information content (AvgIpc) is 2.85. The summed E-state index contributed by atoms with van der Waals surface area (Å²) in [5.41, 5.74) is 5.00. The van der Waals surface area contributed by atoms with Gasteiger partial charge in [0, 0.05) is 13.0 Å². The molecule has 6 heteroatoms. The molecule has 1 N–H and O–H groups in total. The lowest BCUT2D eigenvalue weighted by molar-refractivity contribution is -0.149. The van der Waals surface area contributed by atoms with Gasteiger partial charge < -0.3 is 19.4 Å². The van der Waals surface area contributed by atoms with E-state index < -0.39 is 12.1 Å². The van der Waals surface area contributed by atoms with Crippen LogP contribution in [-0.2, 0) is 20.8 Å². The summed E-state index contributed by atoms with van der Waals surface area (Å²) in [6.45, 7) is 4.71. The monoisotopic (exact) mass is 447 g/mol. The zero-order valence-corrected chi connectivity index (χ0v) is 18.9. The van der Waals surface area contributed by atoms with Crippen molar-refractivity contribution < 1.29 is 24.2 Å². The van der Waals surface area contributed by atoms with Crippen molar-refractivity contribution in [1.82, 2.24) is 0 Å². The summed E-state index contributed by atoms with van der Waals surface area (Å²) in [4.78, 5) is 16.6. The second-order valence-corrected chi connectivity index (χ2v) is 7.43. The number of carboxylic acids is 1. The molecule has 3 aromatic rings. The highest BCUT2D eigenvalue weighted by Crippen LogP contribution is 2.19. The summed E-state index contributed by atoms with van der Waals surface area (Å²) in [5.74, 6) is -0.278. The smallest absolute Gasteiger partial charge is 0.333 e. The summed E-state index contributed by atoms with van der Waals surface area (Å²) >= 11 is 0. The van der Waals surface area contributed by atoms with E-state index in [0.29, 0.717) is 32.0 Å². The van der Waals surface area contributed by atoms with Crippen LogP contribution in [0.25, 0.3) is 11.1 Å². The number of ether oxygens (including phenoxy) is 2. The third-order valence-corrected chi connectivity index (χ3v) is 5.04. The van der Waals surface area contributed by atoms with Crippen molar-refractivity contribution in [3.63, 3.8) is 0 Å². The summed E-state index contributed by atoms with van der Waals surface area (Å²) in [6, 6.07) is 25.7. The number of rotatable bonds is 12. The van der Waals surface area contributed by atoms with Crippen molar-refractivity contribution in [3.8, 4) is 16.9 Å². The molecule has 0 aliphatic carbocycles. The Morgan fingerprint density at radius 2 is 1.58 bits per heavy atom. The molecule has 0 bridgehead atoms. The first kappa shape index (κ1) is 24.0. The Labute approximate surface area is 194 Å². The molecule has 33 heavy (non-hydrogen) atoms. The molecule has 1 unspecified atom stereocenters. The number of benzene rings is 3. The van der Waals surface area contributed by atoms with Crippen LogP contribution in [0.2, 0.25) is 0 Å². The molecule has 0 saturated carbocycles. The Morgan fingerprint density at radius 3 is 2.21 bits per heavy atom. The number of carbonyl (C=O) groups is 1. The minimum Gasteiger partial charge on any atom is -0.490 e. The molecule has 0 spiro atoms. The molecule has 172 valence electrons. The van der Waals surface area contributed by atoms with Crippen molar-refractivity contribution in [2.75, 3.05) is 19.8 Å². The second-order valence-electron chi connectivity index (χ2n) is 7.43. The highest BCUT2D eigenvalue weighted by atomic mass is 16.6. The van der Waals surface area contributed by atoms with Gasteiger partial charge in [0.1, 0.15) is 12.4 Å². The molecule has 3 rings (SSSR count). The summed E-state index contributed by atoms with van der Waals surface area (Å²) in [7, 11) is 0. The van der Waals surface area contributed by atoms with Crippen molar-refractivity contribution in [1.29, 1.82) is 0 Å². The van der Waals surface area contributed by atoms with Crippen molar-refractivity contribution >= 4 is 11.7 Å². The lowest BCUT2D eigenvalue weighted by atomic mass is 10.0. The molecule has 0 heterocycles. The molecule has 0 aliphatic rings. The number of carboxylic acid groups (broad SMARTS) is 1. The van der Waals surface area contributed by atoms with Crippen LogP contribution < -0.4 is 4.74 Å². The van der Waals surface area contributed by atoms with Gasteiger partial charge in [-0.2, -0.15) is 0 Å². The van der Waals surface area contributed by atoms with Gasteiger partial charge in [0.05, 0.1) is 5.71 Å². The van der Waals surface area contributed by atoms with Crippen molar-refractivity contribution in [3.05, 3.63) is 90.0 Å². The molecule has 0 aromatic heterocycles. The summed E-state index contributed by atoms with van der Waals surface area (Å²) in [6.07, 6.45) is -0.529. The Hall–Kier alpha value is -3.64. The summed E-state index contributed by atoms with van der Waals surface area (Å²) < 4.78 is 10.9. The predicted octanol–water partition coefficient (Wildman–Crippen LogP) is 5.21. The van der Waals surface area contributed by atoms with Crippen LogP contribution in [0.15, 0.2) is 84.0 Å². The van der Waals surface area contributed by atoms with Crippen LogP contribution >= 0.6 is 0 Å². The third kappa shape index (κ3) is 7.47. The number of aliphatic carboxylic acids is 1. The maximum absolute atomic E-state index is 11.2. The zero-order valence-electron chi connectivity index (χ0n) is 18.9. The molecule has 0 radical (unpaired) electrons.